The standard InChI is InChI=1S/C12H18N2O2/c1-2-10(7-13)12(16)14-11-5-3-9(8-15)4-6-11/h3-6,10,15H,2,7-8,13H2,1H3,(H,14,16). The third kappa shape index (κ3) is 3.32. The molecule has 4 N–H and O–H groups in total. The Labute approximate surface area is 95.5 Å². The van der Waals surface area contributed by atoms with Crippen LogP contribution in [0.15, 0.2) is 24.3 Å². The summed E-state index contributed by atoms with van der Waals surface area (Å²) in [7, 11) is 0. The molecule has 4 nitrogen and oxygen atoms in total. The minimum absolute atomic E-state index is 0.00854. The molecule has 0 aliphatic rings. The van der Waals surface area contributed by atoms with Gasteiger partial charge in [-0.1, -0.05) is 19.1 Å². The van der Waals surface area contributed by atoms with Crippen LogP contribution in [0.3, 0.4) is 0 Å². The minimum Gasteiger partial charge on any atom is -0.392 e. The molecule has 1 atom stereocenters. The number of anilines is 1. The lowest BCUT2D eigenvalue weighted by Crippen LogP contribution is -2.28. The maximum Gasteiger partial charge on any atom is 0.228 e. The van der Waals surface area contributed by atoms with E-state index in [0.717, 1.165) is 17.7 Å². The van der Waals surface area contributed by atoms with Crippen molar-refractivity contribution in [3.05, 3.63) is 29.8 Å². The van der Waals surface area contributed by atoms with Gasteiger partial charge in [-0.3, -0.25) is 4.79 Å². The molecule has 1 unspecified atom stereocenters. The number of carbonyl (C=O) groups is 1. The summed E-state index contributed by atoms with van der Waals surface area (Å²) in [6.07, 6.45) is 0.733. The largest absolute Gasteiger partial charge is 0.392 e. The van der Waals surface area contributed by atoms with Crippen molar-refractivity contribution < 1.29 is 9.90 Å². The first-order valence-electron chi connectivity index (χ1n) is 5.42. The fourth-order valence-corrected chi connectivity index (χ4v) is 1.40. The molecular weight excluding hydrogens is 204 g/mol. The molecule has 0 aromatic heterocycles. The Bertz CT molecular complexity index is 331. The fraction of sp³-hybridized carbons (Fsp3) is 0.417. The highest BCUT2D eigenvalue weighted by atomic mass is 16.3. The number of aliphatic hydroxyl groups is 1. The van der Waals surface area contributed by atoms with E-state index in [2.05, 4.69) is 5.32 Å². The summed E-state index contributed by atoms with van der Waals surface area (Å²) < 4.78 is 0. The Morgan fingerprint density at radius 1 is 1.44 bits per heavy atom. The summed E-state index contributed by atoms with van der Waals surface area (Å²) in [5.74, 6) is -0.195. The Hall–Kier alpha value is -1.39. The van der Waals surface area contributed by atoms with Gasteiger partial charge in [0.15, 0.2) is 0 Å². The van der Waals surface area contributed by atoms with Crippen LogP contribution in [0.1, 0.15) is 18.9 Å². The predicted molar refractivity (Wildman–Crippen MR) is 63.8 cm³/mol. The van der Waals surface area contributed by atoms with Crippen LogP contribution < -0.4 is 11.1 Å². The second kappa shape index (κ2) is 6.25. The molecule has 0 fully saturated rings. The van der Waals surface area contributed by atoms with Crippen LogP contribution in [-0.2, 0) is 11.4 Å². The van der Waals surface area contributed by atoms with Crippen LogP contribution in [0.4, 0.5) is 5.69 Å². The van der Waals surface area contributed by atoms with Gasteiger partial charge in [-0.15, -0.1) is 0 Å². The Kier molecular flexibility index (Phi) is 4.95. The van der Waals surface area contributed by atoms with Gasteiger partial charge in [0.25, 0.3) is 0 Å². The van der Waals surface area contributed by atoms with E-state index >= 15 is 0 Å². The molecule has 0 spiro atoms. The summed E-state index contributed by atoms with van der Waals surface area (Å²) in [4.78, 5) is 11.7. The fourth-order valence-electron chi connectivity index (χ4n) is 1.40. The maximum absolute atomic E-state index is 11.7. The number of rotatable bonds is 5. The highest BCUT2D eigenvalue weighted by Crippen LogP contribution is 2.11. The molecule has 4 heteroatoms. The van der Waals surface area contributed by atoms with Crippen molar-refractivity contribution in [3.63, 3.8) is 0 Å². The number of hydrogen-bond donors (Lipinski definition) is 3. The minimum atomic E-state index is -0.141. The SMILES string of the molecule is CCC(CN)C(=O)Nc1ccc(CO)cc1. The monoisotopic (exact) mass is 222 g/mol. The van der Waals surface area contributed by atoms with Crippen molar-refractivity contribution >= 4 is 11.6 Å². The molecule has 1 rings (SSSR count). The van der Waals surface area contributed by atoms with Gasteiger partial charge in [-0.05, 0) is 24.1 Å². The molecule has 1 aromatic carbocycles. The molecule has 1 amide bonds. The van der Waals surface area contributed by atoms with Crippen LogP contribution in [0, 0.1) is 5.92 Å². The van der Waals surface area contributed by atoms with Crippen molar-refractivity contribution in [2.45, 2.75) is 20.0 Å². The number of carbonyl (C=O) groups excluding carboxylic acids is 1. The van der Waals surface area contributed by atoms with Gasteiger partial charge in [0.05, 0.1) is 12.5 Å². The van der Waals surface area contributed by atoms with Crippen molar-refractivity contribution in [2.75, 3.05) is 11.9 Å². The first-order chi connectivity index (χ1) is 7.71. The molecule has 0 saturated carbocycles. The van der Waals surface area contributed by atoms with E-state index in [0.29, 0.717) is 6.54 Å². The summed E-state index contributed by atoms with van der Waals surface area (Å²) in [5.41, 5.74) is 7.04. The van der Waals surface area contributed by atoms with Crippen molar-refractivity contribution in [1.82, 2.24) is 0 Å². The van der Waals surface area contributed by atoms with E-state index in [1.165, 1.54) is 0 Å². The third-order valence-electron chi connectivity index (χ3n) is 2.55. The smallest absolute Gasteiger partial charge is 0.228 e. The quantitative estimate of drug-likeness (QED) is 0.698. The van der Waals surface area contributed by atoms with Gasteiger partial charge in [0.1, 0.15) is 0 Å². The van der Waals surface area contributed by atoms with Gasteiger partial charge in [0, 0.05) is 12.2 Å². The normalized spacial score (nSPS) is 12.2. The number of nitrogens with one attached hydrogen (secondary N) is 1. The van der Waals surface area contributed by atoms with Gasteiger partial charge in [0.2, 0.25) is 5.91 Å². The van der Waals surface area contributed by atoms with Crippen LogP contribution in [-0.4, -0.2) is 17.6 Å². The zero-order chi connectivity index (χ0) is 12.0. The predicted octanol–water partition coefficient (Wildman–Crippen LogP) is 1.10. The molecule has 16 heavy (non-hydrogen) atoms. The van der Waals surface area contributed by atoms with Gasteiger partial charge in [-0.2, -0.15) is 0 Å². The molecule has 0 aliphatic heterocycles. The zero-order valence-electron chi connectivity index (χ0n) is 9.44. The summed E-state index contributed by atoms with van der Waals surface area (Å²) >= 11 is 0. The van der Waals surface area contributed by atoms with Crippen molar-refractivity contribution in [1.29, 1.82) is 0 Å². The summed E-state index contributed by atoms with van der Waals surface area (Å²) in [5, 5.41) is 11.7. The molecule has 0 bridgehead atoms. The van der Waals surface area contributed by atoms with Crippen LogP contribution >= 0.6 is 0 Å². The Morgan fingerprint density at radius 3 is 2.50 bits per heavy atom. The van der Waals surface area contributed by atoms with Gasteiger partial charge < -0.3 is 16.2 Å². The second-order valence-electron chi connectivity index (χ2n) is 3.69. The number of nitrogens with two attached hydrogens (primary N) is 1. The van der Waals surface area contributed by atoms with Gasteiger partial charge in [-0.25, -0.2) is 0 Å². The Balaban J connectivity index is 2.62. The molecule has 88 valence electrons. The zero-order valence-corrected chi connectivity index (χ0v) is 9.44. The average molecular weight is 222 g/mol. The second-order valence-corrected chi connectivity index (χ2v) is 3.69. The number of benzene rings is 1. The highest BCUT2D eigenvalue weighted by Gasteiger charge is 2.14. The molecule has 0 saturated heterocycles. The third-order valence-corrected chi connectivity index (χ3v) is 2.55. The molecule has 0 radical (unpaired) electrons. The van der Waals surface area contributed by atoms with E-state index in [9.17, 15) is 4.79 Å². The lowest BCUT2D eigenvalue weighted by Gasteiger charge is -2.12. The maximum atomic E-state index is 11.7. The van der Waals surface area contributed by atoms with Crippen molar-refractivity contribution in [3.8, 4) is 0 Å². The first kappa shape index (κ1) is 12.7. The van der Waals surface area contributed by atoms with E-state index < -0.39 is 0 Å². The van der Waals surface area contributed by atoms with Crippen LogP contribution in [0.2, 0.25) is 0 Å². The van der Waals surface area contributed by atoms with E-state index in [-0.39, 0.29) is 18.4 Å². The lowest BCUT2D eigenvalue weighted by molar-refractivity contribution is -0.119. The molecular formula is C12H18N2O2. The van der Waals surface area contributed by atoms with Gasteiger partial charge >= 0.3 is 0 Å². The van der Waals surface area contributed by atoms with Crippen molar-refractivity contribution in [2.24, 2.45) is 11.7 Å². The topological polar surface area (TPSA) is 75.4 Å². The first-order valence-corrected chi connectivity index (χ1v) is 5.42. The number of amides is 1. The van der Waals surface area contributed by atoms with E-state index in [4.69, 9.17) is 10.8 Å². The number of aliphatic hydroxyl groups excluding tert-OH is 1. The average Bonchev–Trinajstić information content (AvgIpc) is 2.31. The molecule has 1 aromatic rings. The van der Waals surface area contributed by atoms with Crippen LogP contribution in [0.25, 0.3) is 0 Å². The van der Waals surface area contributed by atoms with E-state index in [1.54, 1.807) is 24.3 Å². The van der Waals surface area contributed by atoms with Crippen LogP contribution in [0.5, 0.6) is 0 Å². The Morgan fingerprint density at radius 2 is 2.06 bits per heavy atom. The highest BCUT2D eigenvalue weighted by molar-refractivity contribution is 5.92. The summed E-state index contributed by atoms with van der Waals surface area (Å²) in [6, 6.07) is 7.09. The molecule has 0 aliphatic carbocycles. The van der Waals surface area contributed by atoms with E-state index in [1.807, 2.05) is 6.92 Å². The summed E-state index contributed by atoms with van der Waals surface area (Å²) in [6.45, 7) is 2.30. The lowest BCUT2D eigenvalue weighted by atomic mass is 10.1. The number of hydrogen-bond acceptors (Lipinski definition) is 3. The molecule has 0 heterocycles.